The molecule has 1 aliphatic heterocycles. The monoisotopic (exact) mass is 285 g/mol. The summed E-state index contributed by atoms with van der Waals surface area (Å²) in [6.07, 6.45) is 1.02. The van der Waals surface area contributed by atoms with Crippen molar-refractivity contribution in [2.45, 2.75) is 32.7 Å². The number of hydrogen-bond donors (Lipinski definition) is 1. The van der Waals surface area contributed by atoms with Crippen LogP contribution in [0.5, 0.6) is 0 Å². The molecule has 0 amide bonds. The molecule has 0 aliphatic carbocycles. The number of H-pyrrole nitrogens is 1. The molecule has 1 unspecified atom stereocenters. The Balaban J connectivity index is 2.38. The molecule has 1 N–H and O–H groups in total. The molecule has 0 bridgehead atoms. The van der Waals surface area contributed by atoms with Crippen molar-refractivity contribution in [3.05, 3.63) is 31.6 Å². The van der Waals surface area contributed by atoms with Gasteiger partial charge in [-0.1, -0.05) is 25.4 Å². The summed E-state index contributed by atoms with van der Waals surface area (Å²) in [5.74, 6) is 0.347. The molecule has 2 rings (SSSR count). The number of hydrogen-bond acceptors (Lipinski definition) is 3. The van der Waals surface area contributed by atoms with Crippen LogP contribution in [0.4, 0.5) is 0 Å². The first-order chi connectivity index (χ1) is 8.90. The Morgan fingerprint density at radius 2 is 2.11 bits per heavy atom. The standard InChI is InChI=1S/C13H20ClN3O2/c1-8(2)10-11(14)15-13(19)17(12(10)18)7-9-4-5-16(3)6-9/h8-9H,4-7H2,1-3H3,(H,15,19). The van der Waals surface area contributed by atoms with Gasteiger partial charge in [-0.05, 0) is 31.8 Å². The van der Waals surface area contributed by atoms with Gasteiger partial charge in [0.1, 0.15) is 5.15 Å². The van der Waals surface area contributed by atoms with Crippen LogP contribution < -0.4 is 11.2 Å². The van der Waals surface area contributed by atoms with Crippen LogP contribution in [-0.2, 0) is 6.54 Å². The van der Waals surface area contributed by atoms with E-state index in [-0.39, 0.29) is 16.6 Å². The zero-order valence-corrected chi connectivity index (χ0v) is 12.3. The topological polar surface area (TPSA) is 58.1 Å². The second-order valence-electron chi connectivity index (χ2n) is 5.65. The fourth-order valence-electron chi connectivity index (χ4n) is 2.66. The van der Waals surface area contributed by atoms with Crippen LogP contribution in [0.15, 0.2) is 9.59 Å². The summed E-state index contributed by atoms with van der Waals surface area (Å²) in [6.45, 7) is 6.20. The van der Waals surface area contributed by atoms with Gasteiger partial charge in [0, 0.05) is 13.1 Å². The second-order valence-corrected chi connectivity index (χ2v) is 6.02. The summed E-state index contributed by atoms with van der Waals surface area (Å²) in [4.78, 5) is 29.1. The molecule has 1 aliphatic rings. The highest BCUT2D eigenvalue weighted by Gasteiger charge is 2.23. The molecule has 0 aromatic carbocycles. The minimum absolute atomic E-state index is 0.00523. The fourth-order valence-corrected chi connectivity index (χ4v) is 3.04. The SMILES string of the molecule is CC(C)c1c(Cl)[nH]c(=O)n(CC2CCN(C)C2)c1=O. The van der Waals surface area contributed by atoms with Crippen LogP contribution in [0.3, 0.4) is 0 Å². The minimum atomic E-state index is -0.408. The van der Waals surface area contributed by atoms with Crippen molar-refractivity contribution in [1.82, 2.24) is 14.5 Å². The number of rotatable bonds is 3. The molecule has 1 atom stereocenters. The molecule has 0 saturated carbocycles. The fraction of sp³-hybridized carbons (Fsp3) is 0.692. The van der Waals surface area contributed by atoms with E-state index >= 15 is 0 Å². The van der Waals surface area contributed by atoms with E-state index in [1.165, 1.54) is 4.57 Å². The smallest absolute Gasteiger partial charge is 0.306 e. The summed E-state index contributed by atoms with van der Waals surface area (Å²) in [6, 6.07) is 0. The van der Waals surface area contributed by atoms with E-state index < -0.39 is 5.69 Å². The number of likely N-dealkylation sites (tertiary alicyclic amines) is 1. The summed E-state index contributed by atoms with van der Waals surface area (Å²) in [7, 11) is 2.05. The van der Waals surface area contributed by atoms with Crippen LogP contribution in [0.1, 0.15) is 31.7 Å². The van der Waals surface area contributed by atoms with Crippen LogP contribution in [0, 0.1) is 5.92 Å². The van der Waals surface area contributed by atoms with Gasteiger partial charge in [0.2, 0.25) is 0 Å². The van der Waals surface area contributed by atoms with Crippen LogP contribution in [0.25, 0.3) is 0 Å². The van der Waals surface area contributed by atoms with Gasteiger partial charge in [-0.2, -0.15) is 0 Å². The molecule has 19 heavy (non-hydrogen) atoms. The zero-order valence-electron chi connectivity index (χ0n) is 11.6. The Morgan fingerprint density at radius 3 is 2.63 bits per heavy atom. The van der Waals surface area contributed by atoms with Crippen LogP contribution in [0.2, 0.25) is 5.15 Å². The molecule has 6 heteroatoms. The molecule has 1 fully saturated rings. The van der Waals surface area contributed by atoms with Gasteiger partial charge < -0.3 is 4.90 Å². The van der Waals surface area contributed by atoms with E-state index in [9.17, 15) is 9.59 Å². The lowest BCUT2D eigenvalue weighted by Crippen LogP contribution is -2.39. The third-order valence-corrected chi connectivity index (χ3v) is 3.98. The van der Waals surface area contributed by atoms with Gasteiger partial charge in [-0.3, -0.25) is 14.3 Å². The van der Waals surface area contributed by atoms with Gasteiger partial charge in [0.05, 0.1) is 5.56 Å². The highest BCUT2D eigenvalue weighted by molar-refractivity contribution is 6.30. The summed E-state index contributed by atoms with van der Waals surface area (Å²) in [5.41, 5.74) is -0.167. The Kier molecular flexibility index (Phi) is 4.16. The Hall–Kier alpha value is -1.07. The molecule has 5 nitrogen and oxygen atoms in total. The van der Waals surface area contributed by atoms with Gasteiger partial charge >= 0.3 is 5.69 Å². The Labute approximate surface area is 117 Å². The number of halogens is 1. The maximum Gasteiger partial charge on any atom is 0.329 e. The first kappa shape index (κ1) is 14.3. The predicted octanol–water partition coefficient (Wildman–Crippen LogP) is 1.27. The lowest BCUT2D eigenvalue weighted by Gasteiger charge is -2.14. The molecule has 2 heterocycles. The van der Waals surface area contributed by atoms with Gasteiger partial charge in [-0.15, -0.1) is 0 Å². The third-order valence-electron chi connectivity index (χ3n) is 3.68. The van der Waals surface area contributed by atoms with E-state index in [2.05, 4.69) is 16.9 Å². The van der Waals surface area contributed by atoms with Gasteiger partial charge in [0.25, 0.3) is 5.56 Å². The molecular formula is C13H20ClN3O2. The Morgan fingerprint density at radius 1 is 1.42 bits per heavy atom. The summed E-state index contributed by atoms with van der Waals surface area (Å²) < 4.78 is 1.30. The van der Waals surface area contributed by atoms with Crippen LogP contribution in [-0.4, -0.2) is 34.6 Å². The van der Waals surface area contributed by atoms with Crippen LogP contribution >= 0.6 is 11.6 Å². The zero-order chi connectivity index (χ0) is 14.2. The highest BCUT2D eigenvalue weighted by Crippen LogP contribution is 2.18. The first-order valence-electron chi connectivity index (χ1n) is 6.61. The maximum atomic E-state index is 12.4. The van der Waals surface area contributed by atoms with Crippen molar-refractivity contribution in [2.75, 3.05) is 20.1 Å². The number of nitrogens with one attached hydrogen (secondary N) is 1. The lowest BCUT2D eigenvalue weighted by molar-refractivity contribution is 0.372. The van der Waals surface area contributed by atoms with E-state index in [0.29, 0.717) is 18.0 Å². The molecule has 1 aromatic rings. The third kappa shape index (κ3) is 2.92. The van der Waals surface area contributed by atoms with Crippen molar-refractivity contribution >= 4 is 11.6 Å². The average molecular weight is 286 g/mol. The van der Waals surface area contributed by atoms with Gasteiger partial charge in [0.15, 0.2) is 0 Å². The quantitative estimate of drug-likeness (QED) is 0.851. The van der Waals surface area contributed by atoms with Crippen molar-refractivity contribution in [2.24, 2.45) is 5.92 Å². The first-order valence-corrected chi connectivity index (χ1v) is 6.99. The second kappa shape index (κ2) is 5.51. The molecule has 0 radical (unpaired) electrons. The van der Waals surface area contributed by atoms with Crippen molar-refractivity contribution in [3.63, 3.8) is 0 Å². The maximum absolute atomic E-state index is 12.4. The Bertz CT molecular complexity index is 576. The summed E-state index contributed by atoms with van der Waals surface area (Å²) in [5, 5.41) is 0.171. The average Bonchev–Trinajstić information content (AvgIpc) is 2.69. The van der Waals surface area contributed by atoms with E-state index in [0.717, 1.165) is 19.5 Å². The van der Waals surface area contributed by atoms with Crippen molar-refractivity contribution in [1.29, 1.82) is 0 Å². The summed E-state index contributed by atoms with van der Waals surface area (Å²) >= 11 is 5.96. The molecule has 0 spiro atoms. The number of aromatic amines is 1. The van der Waals surface area contributed by atoms with Crippen molar-refractivity contribution < 1.29 is 0 Å². The normalized spacial score (nSPS) is 20.4. The van der Waals surface area contributed by atoms with E-state index in [1.807, 2.05) is 13.8 Å². The molecule has 1 saturated heterocycles. The van der Waals surface area contributed by atoms with E-state index in [1.54, 1.807) is 0 Å². The van der Waals surface area contributed by atoms with Crippen molar-refractivity contribution in [3.8, 4) is 0 Å². The number of nitrogens with zero attached hydrogens (tertiary/aromatic N) is 2. The number of aromatic nitrogens is 2. The molecule has 106 valence electrons. The highest BCUT2D eigenvalue weighted by atomic mass is 35.5. The molecular weight excluding hydrogens is 266 g/mol. The largest absolute Gasteiger partial charge is 0.329 e. The van der Waals surface area contributed by atoms with Gasteiger partial charge in [-0.25, -0.2) is 4.79 Å². The lowest BCUT2D eigenvalue weighted by atomic mass is 10.1. The predicted molar refractivity (Wildman–Crippen MR) is 76.0 cm³/mol. The minimum Gasteiger partial charge on any atom is -0.306 e. The van der Waals surface area contributed by atoms with E-state index in [4.69, 9.17) is 11.6 Å². The molecule has 1 aromatic heterocycles.